The van der Waals surface area contributed by atoms with Gasteiger partial charge in [-0.05, 0) is 38.0 Å². The van der Waals surface area contributed by atoms with Crippen molar-refractivity contribution in [1.29, 1.82) is 0 Å². The van der Waals surface area contributed by atoms with E-state index < -0.39 is 5.97 Å². The third-order valence-corrected chi connectivity index (χ3v) is 5.21. The number of hydrogen-bond acceptors (Lipinski definition) is 6. The van der Waals surface area contributed by atoms with Crippen molar-refractivity contribution in [3.63, 3.8) is 0 Å². The van der Waals surface area contributed by atoms with E-state index in [1.807, 2.05) is 12.2 Å². The zero-order chi connectivity index (χ0) is 20.3. The van der Waals surface area contributed by atoms with Crippen molar-refractivity contribution in [2.75, 3.05) is 13.7 Å². The van der Waals surface area contributed by atoms with Gasteiger partial charge in [0.15, 0.2) is 5.78 Å². The first-order valence-corrected chi connectivity index (χ1v) is 9.26. The number of imide groups is 1. The van der Waals surface area contributed by atoms with Crippen LogP contribution in [0.2, 0.25) is 0 Å². The summed E-state index contributed by atoms with van der Waals surface area (Å²) < 4.78 is 10.5. The van der Waals surface area contributed by atoms with Crippen LogP contribution in [-0.2, 0) is 25.7 Å². The lowest BCUT2D eigenvalue weighted by molar-refractivity contribution is -0.146. The molecule has 1 aromatic rings. The molecule has 1 saturated heterocycles. The number of fused-ring (bicyclic) bond motifs is 1. The molecular formula is C21H23NO6. The van der Waals surface area contributed by atoms with Gasteiger partial charge in [-0.25, -0.2) is 0 Å². The van der Waals surface area contributed by atoms with E-state index in [2.05, 4.69) is 0 Å². The van der Waals surface area contributed by atoms with Gasteiger partial charge in [0.2, 0.25) is 11.8 Å². The Kier molecular flexibility index (Phi) is 5.92. The fourth-order valence-corrected chi connectivity index (χ4v) is 3.63. The highest BCUT2D eigenvalue weighted by Gasteiger charge is 2.46. The summed E-state index contributed by atoms with van der Waals surface area (Å²) in [6.45, 7) is 1.42. The lowest BCUT2D eigenvalue weighted by Gasteiger charge is -2.14. The molecular weight excluding hydrogens is 362 g/mol. The molecule has 148 valence electrons. The van der Waals surface area contributed by atoms with Crippen molar-refractivity contribution < 1.29 is 28.7 Å². The Morgan fingerprint density at radius 3 is 2.32 bits per heavy atom. The minimum absolute atomic E-state index is 0.0219. The van der Waals surface area contributed by atoms with Gasteiger partial charge in [-0.3, -0.25) is 24.1 Å². The molecule has 7 heteroatoms. The predicted octanol–water partition coefficient (Wildman–Crippen LogP) is 2.28. The molecule has 0 N–H and O–H groups in total. The molecule has 1 heterocycles. The smallest absolute Gasteiger partial charge is 0.307 e. The highest BCUT2D eigenvalue weighted by atomic mass is 16.5. The monoisotopic (exact) mass is 385 g/mol. The number of rotatable bonds is 7. The molecule has 2 atom stereocenters. The Balaban J connectivity index is 1.55. The number of ketones is 1. The van der Waals surface area contributed by atoms with Crippen LogP contribution in [0.1, 0.15) is 42.1 Å². The Hall–Kier alpha value is -2.96. The van der Waals surface area contributed by atoms with Crippen LogP contribution in [0.15, 0.2) is 30.4 Å². The number of esters is 1. The van der Waals surface area contributed by atoms with E-state index in [4.69, 9.17) is 9.47 Å². The summed E-state index contributed by atoms with van der Waals surface area (Å²) in [4.78, 5) is 49.6. The molecule has 0 aromatic heterocycles. The first kappa shape index (κ1) is 19.8. The number of allylic oxidation sites excluding steroid dienone is 2. The number of likely N-dealkylation sites (tertiary alicyclic amines) is 1. The second-order valence-corrected chi connectivity index (χ2v) is 6.98. The lowest BCUT2D eigenvalue weighted by atomic mass is 9.85. The zero-order valence-corrected chi connectivity index (χ0v) is 16.0. The van der Waals surface area contributed by atoms with Gasteiger partial charge in [0.1, 0.15) is 12.4 Å². The van der Waals surface area contributed by atoms with Crippen LogP contribution in [0.3, 0.4) is 0 Å². The molecule has 1 aromatic carbocycles. The molecule has 0 radical (unpaired) electrons. The van der Waals surface area contributed by atoms with E-state index in [0.717, 1.165) is 0 Å². The number of carbonyl (C=O) groups is 4. The molecule has 0 unspecified atom stereocenters. The molecule has 7 nitrogen and oxygen atoms in total. The van der Waals surface area contributed by atoms with Gasteiger partial charge in [0.05, 0.1) is 25.4 Å². The summed E-state index contributed by atoms with van der Waals surface area (Å²) >= 11 is 0. The summed E-state index contributed by atoms with van der Waals surface area (Å²) in [5.41, 5.74) is 1.07. The molecule has 1 fully saturated rings. The molecule has 28 heavy (non-hydrogen) atoms. The third-order valence-electron chi connectivity index (χ3n) is 5.21. The minimum atomic E-state index is -0.524. The fraction of sp³-hybridized carbons (Fsp3) is 0.429. The van der Waals surface area contributed by atoms with Crippen molar-refractivity contribution in [3.8, 4) is 5.75 Å². The number of benzene rings is 1. The average molecular weight is 385 g/mol. The van der Waals surface area contributed by atoms with E-state index in [1.54, 1.807) is 18.2 Å². The molecule has 2 amide bonds. The van der Waals surface area contributed by atoms with E-state index in [9.17, 15) is 19.2 Å². The number of methoxy groups -OCH3 is 1. The van der Waals surface area contributed by atoms with E-state index in [-0.39, 0.29) is 49.0 Å². The average Bonchev–Trinajstić information content (AvgIpc) is 2.95. The number of carbonyl (C=O) groups excluding carboxylic acids is 4. The maximum Gasteiger partial charge on any atom is 0.307 e. The van der Waals surface area contributed by atoms with Crippen molar-refractivity contribution in [1.82, 2.24) is 4.90 Å². The van der Waals surface area contributed by atoms with Crippen molar-refractivity contribution in [2.45, 2.75) is 32.8 Å². The summed E-state index contributed by atoms with van der Waals surface area (Å²) in [6.07, 6.45) is 4.92. The highest BCUT2D eigenvalue weighted by molar-refractivity contribution is 6.05. The zero-order valence-electron chi connectivity index (χ0n) is 16.0. The third kappa shape index (κ3) is 3.98. The maximum absolute atomic E-state index is 12.4. The van der Waals surface area contributed by atoms with Crippen LogP contribution in [0.4, 0.5) is 0 Å². The molecule has 0 saturated carbocycles. The van der Waals surface area contributed by atoms with Crippen LogP contribution in [-0.4, -0.2) is 42.1 Å². The van der Waals surface area contributed by atoms with Crippen LogP contribution >= 0.6 is 0 Å². The maximum atomic E-state index is 12.4. The van der Waals surface area contributed by atoms with Crippen molar-refractivity contribution >= 4 is 23.6 Å². The lowest BCUT2D eigenvalue weighted by Crippen LogP contribution is -2.33. The number of hydrogen-bond donors (Lipinski definition) is 0. The van der Waals surface area contributed by atoms with Gasteiger partial charge in [-0.1, -0.05) is 12.2 Å². The Morgan fingerprint density at radius 1 is 1.11 bits per heavy atom. The normalized spacial score (nSPS) is 20.9. The predicted molar refractivity (Wildman–Crippen MR) is 99.5 cm³/mol. The first-order chi connectivity index (χ1) is 13.4. The number of Topliss-reactive ketones (excluding diaryl/α,β-unsaturated/α-hetero) is 1. The highest BCUT2D eigenvalue weighted by Crippen LogP contribution is 2.35. The summed E-state index contributed by atoms with van der Waals surface area (Å²) in [5, 5.41) is 0. The van der Waals surface area contributed by atoms with Gasteiger partial charge in [-0.15, -0.1) is 0 Å². The summed E-state index contributed by atoms with van der Waals surface area (Å²) in [7, 11) is 1.49. The van der Waals surface area contributed by atoms with E-state index in [0.29, 0.717) is 29.7 Å². The van der Waals surface area contributed by atoms with Gasteiger partial charge in [0.25, 0.3) is 0 Å². The Labute approximate surface area is 163 Å². The van der Waals surface area contributed by atoms with Crippen molar-refractivity contribution in [2.24, 2.45) is 11.8 Å². The van der Waals surface area contributed by atoms with Crippen LogP contribution in [0.5, 0.6) is 5.75 Å². The Bertz CT molecular complexity index is 817. The SMILES string of the molecule is COc1ccc(C(C)=O)cc1COC(=O)CCN1C(=O)[C@H]2CC=CC[C@@H]2C1=O. The van der Waals surface area contributed by atoms with Gasteiger partial charge in [0, 0.05) is 17.7 Å². The number of amides is 2. The second-order valence-electron chi connectivity index (χ2n) is 6.98. The standard InChI is InChI=1S/C21H23NO6/c1-13(23)14-7-8-18(27-2)15(11-14)12-28-19(24)9-10-22-20(25)16-5-3-4-6-17(16)21(22)26/h3-4,7-8,11,16-17H,5-6,9-10,12H2,1-2H3/t16-,17-/m0/s1. The topological polar surface area (TPSA) is 90.0 Å². The second kappa shape index (κ2) is 8.37. The molecule has 0 spiro atoms. The van der Waals surface area contributed by atoms with Gasteiger partial charge < -0.3 is 9.47 Å². The molecule has 2 aliphatic rings. The summed E-state index contributed by atoms with van der Waals surface area (Å²) in [5.74, 6) is -1.12. The number of ether oxygens (including phenoxy) is 2. The molecule has 1 aliphatic carbocycles. The van der Waals surface area contributed by atoms with E-state index in [1.165, 1.54) is 18.9 Å². The van der Waals surface area contributed by atoms with Crippen LogP contribution in [0, 0.1) is 11.8 Å². The largest absolute Gasteiger partial charge is 0.496 e. The summed E-state index contributed by atoms with van der Waals surface area (Å²) in [6, 6.07) is 4.92. The van der Waals surface area contributed by atoms with Gasteiger partial charge >= 0.3 is 5.97 Å². The quantitative estimate of drug-likeness (QED) is 0.310. The van der Waals surface area contributed by atoms with Gasteiger partial charge in [-0.2, -0.15) is 0 Å². The minimum Gasteiger partial charge on any atom is -0.496 e. The first-order valence-electron chi connectivity index (χ1n) is 9.26. The van der Waals surface area contributed by atoms with Crippen molar-refractivity contribution in [3.05, 3.63) is 41.5 Å². The molecule has 3 rings (SSSR count). The van der Waals surface area contributed by atoms with Crippen LogP contribution < -0.4 is 4.74 Å². The van der Waals surface area contributed by atoms with Crippen LogP contribution in [0.25, 0.3) is 0 Å². The molecule has 0 bridgehead atoms. The fourth-order valence-electron chi connectivity index (χ4n) is 3.63. The molecule has 1 aliphatic heterocycles. The Morgan fingerprint density at radius 2 is 1.75 bits per heavy atom. The number of nitrogens with zero attached hydrogens (tertiary/aromatic N) is 1. The van der Waals surface area contributed by atoms with E-state index >= 15 is 0 Å².